The SMILES string of the molecule is N#Cc1c(Cl)ncc2c1Nc1ccccc1[C@@H]2c1c[nH]c2ccccc12. The highest BCUT2D eigenvalue weighted by Gasteiger charge is 2.31. The van der Waals surface area contributed by atoms with E-state index in [0.29, 0.717) is 5.56 Å². The number of H-pyrrole nitrogens is 1. The average Bonchev–Trinajstić information content (AvgIpc) is 3.10. The number of fused-ring (bicyclic) bond motifs is 3. The van der Waals surface area contributed by atoms with Crippen molar-refractivity contribution in [1.29, 1.82) is 5.26 Å². The minimum absolute atomic E-state index is 0.0320. The van der Waals surface area contributed by atoms with Crippen molar-refractivity contribution < 1.29 is 0 Å². The highest BCUT2D eigenvalue weighted by molar-refractivity contribution is 6.31. The number of hydrogen-bond donors (Lipinski definition) is 2. The summed E-state index contributed by atoms with van der Waals surface area (Å²) in [5.74, 6) is -0.0320. The molecular weight excluding hydrogens is 344 g/mol. The first-order valence-corrected chi connectivity index (χ1v) is 8.66. The molecule has 0 amide bonds. The zero-order valence-electron chi connectivity index (χ0n) is 13.6. The van der Waals surface area contributed by atoms with Crippen LogP contribution in [0, 0.1) is 11.3 Å². The van der Waals surface area contributed by atoms with Crippen LogP contribution in [0.3, 0.4) is 0 Å². The van der Waals surface area contributed by atoms with Gasteiger partial charge in [-0.2, -0.15) is 5.26 Å². The molecule has 1 aliphatic heterocycles. The van der Waals surface area contributed by atoms with Gasteiger partial charge in [-0.25, -0.2) is 4.98 Å². The topological polar surface area (TPSA) is 64.5 Å². The lowest BCUT2D eigenvalue weighted by Gasteiger charge is -2.29. The third-order valence-electron chi connectivity index (χ3n) is 4.95. The number of nitrogens with zero attached hydrogens (tertiary/aromatic N) is 2. The van der Waals surface area contributed by atoms with Crippen LogP contribution in [-0.4, -0.2) is 9.97 Å². The summed E-state index contributed by atoms with van der Waals surface area (Å²) in [4.78, 5) is 7.62. The van der Waals surface area contributed by atoms with Crippen molar-refractivity contribution in [2.24, 2.45) is 0 Å². The fraction of sp³-hybridized carbons (Fsp3) is 0.0476. The predicted octanol–water partition coefficient (Wildman–Crippen LogP) is 5.33. The first-order chi connectivity index (χ1) is 12.8. The molecule has 26 heavy (non-hydrogen) atoms. The van der Waals surface area contributed by atoms with Gasteiger partial charge in [-0.05, 0) is 23.3 Å². The summed E-state index contributed by atoms with van der Waals surface area (Å²) in [6, 6.07) is 18.6. The maximum absolute atomic E-state index is 9.59. The van der Waals surface area contributed by atoms with Gasteiger partial charge in [0.25, 0.3) is 0 Å². The molecule has 2 aromatic heterocycles. The molecular formula is C21H13ClN4. The second kappa shape index (κ2) is 5.62. The maximum atomic E-state index is 9.59. The Morgan fingerprint density at radius 2 is 1.81 bits per heavy atom. The molecule has 124 valence electrons. The number of nitrogens with one attached hydrogen (secondary N) is 2. The van der Waals surface area contributed by atoms with Gasteiger partial charge < -0.3 is 10.3 Å². The number of pyridine rings is 1. The van der Waals surface area contributed by atoms with Crippen molar-refractivity contribution >= 4 is 33.9 Å². The Hall–Kier alpha value is -3.29. The molecule has 0 saturated carbocycles. The van der Waals surface area contributed by atoms with Gasteiger partial charge in [-0.1, -0.05) is 48.0 Å². The molecule has 1 atom stereocenters. The first-order valence-electron chi connectivity index (χ1n) is 8.28. The summed E-state index contributed by atoms with van der Waals surface area (Å²) < 4.78 is 0. The Bertz CT molecular complexity index is 1200. The summed E-state index contributed by atoms with van der Waals surface area (Å²) in [7, 11) is 0. The standard InChI is InChI=1S/C21H13ClN4/c22-21-14(9-23)20-16(11-25-21)19(13-6-2-4-8-18(13)26-20)15-10-24-17-7-3-1-5-12(15)17/h1-8,10-11,19,24,26H/t19-/m1/s1. The van der Waals surface area contributed by atoms with Crippen LogP contribution in [0.1, 0.15) is 28.2 Å². The van der Waals surface area contributed by atoms with Crippen LogP contribution < -0.4 is 5.32 Å². The van der Waals surface area contributed by atoms with Crippen LogP contribution in [0.4, 0.5) is 11.4 Å². The number of aromatic amines is 1. The van der Waals surface area contributed by atoms with E-state index >= 15 is 0 Å². The van der Waals surface area contributed by atoms with Crippen LogP contribution in [0.5, 0.6) is 0 Å². The molecule has 0 fully saturated rings. The van der Waals surface area contributed by atoms with Crippen molar-refractivity contribution in [3.05, 3.63) is 88.3 Å². The normalized spacial score (nSPS) is 15.0. The van der Waals surface area contributed by atoms with E-state index < -0.39 is 0 Å². The number of benzene rings is 2. The number of rotatable bonds is 1. The second-order valence-corrected chi connectivity index (χ2v) is 6.66. The van der Waals surface area contributed by atoms with Gasteiger partial charge in [0.2, 0.25) is 0 Å². The van der Waals surface area contributed by atoms with Crippen molar-refractivity contribution in [3.8, 4) is 6.07 Å². The van der Waals surface area contributed by atoms with E-state index in [1.807, 2.05) is 36.5 Å². The molecule has 3 heterocycles. The van der Waals surface area contributed by atoms with E-state index in [2.05, 4.69) is 39.6 Å². The van der Waals surface area contributed by atoms with E-state index in [-0.39, 0.29) is 11.1 Å². The number of hydrogen-bond acceptors (Lipinski definition) is 3. The quantitative estimate of drug-likeness (QED) is 0.399. The van der Waals surface area contributed by atoms with E-state index in [9.17, 15) is 5.26 Å². The molecule has 0 bridgehead atoms. The monoisotopic (exact) mass is 356 g/mol. The van der Waals surface area contributed by atoms with Gasteiger partial charge in [-0.3, -0.25) is 0 Å². The van der Waals surface area contributed by atoms with Crippen LogP contribution in [0.2, 0.25) is 5.15 Å². The lowest BCUT2D eigenvalue weighted by molar-refractivity contribution is 0.957. The van der Waals surface area contributed by atoms with Crippen molar-refractivity contribution in [3.63, 3.8) is 0 Å². The van der Waals surface area contributed by atoms with Gasteiger partial charge in [0.05, 0.1) is 5.69 Å². The second-order valence-electron chi connectivity index (χ2n) is 6.30. The lowest BCUT2D eigenvalue weighted by Crippen LogP contribution is -2.15. The minimum Gasteiger partial charge on any atom is -0.361 e. The molecule has 0 unspecified atom stereocenters. The first kappa shape index (κ1) is 15.0. The maximum Gasteiger partial charge on any atom is 0.148 e. The van der Waals surface area contributed by atoms with Gasteiger partial charge in [0.15, 0.2) is 0 Å². The Morgan fingerprint density at radius 3 is 2.69 bits per heavy atom. The molecule has 2 N–H and O–H groups in total. The zero-order valence-corrected chi connectivity index (χ0v) is 14.4. The predicted molar refractivity (Wildman–Crippen MR) is 103 cm³/mol. The van der Waals surface area contributed by atoms with E-state index in [1.165, 1.54) is 0 Å². The summed E-state index contributed by atoms with van der Waals surface area (Å²) in [5.41, 5.74) is 6.44. The Kier molecular flexibility index (Phi) is 3.24. The number of halogens is 1. The summed E-state index contributed by atoms with van der Waals surface area (Å²) in [5, 5.41) is 14.4. The lowest BCUT2D eigenvalue weighted by atomic mass is 9.81. The summed E-state index contributed by atoms with van der Waals surface area (Å²) in [6.07, 6.45) is 3.82. The Labute approximate surface area is 155 Å². The molecule has 1 aliphatic rings. The smallest absolute Gasteiger partial charge is 0.148 e. The Morgan fingerprint density at radius 1 is 1.00 bits per heavy atom. The van der Waals surface area contributed by atoms with Crippen molar-refractivity contribution in [2.45, 2.75) is 5.92 Å². The number of anilines is 2. The molecule has 4 aromatic rings. The van der Waals surface area contributed by atoms with Crippen molar-refractivity contribution in [1.82, 2.24) is 9.97 Å². The van der Waals surface area contributed by atoms with Crippen LogP contribution in [-0.2, 0) is 0 Å². The van der Waals surface area contributed by atoms with Gasteiger partial charge >= 0.3 is 0 Å². The molecule has 5 heteroatoms. The molecule has 0 spiro atoms. The zero-order chi connectivity index (χ0) is 17.7. The number of aromatic nitrogens is 2. The van der Waals surface area contributed by atoms with E-state index in [0.717, 1.165) is 39.0 Å². The van der Waals surface area contributed by atoms with Crippen molar-refractivity contribution in [2.75, 3.05) is 5.32 Å². The van der Waals surface area contributed by atoms with Crippen LogP contribution in [0.25, 0.3) is 10.9 Å². The fourth-order valence-electron chi connectivity index (χ4n) is 3.79. The number of para-hydroxylation sites is 2. The third-order valence-corrected chi connectivity index (χ3v) is 5.24. The highest BCUT2D eigenvalue weighted by atomic mass is 35.5. The molecule has 2 aromatic carbocycles. The minimum atomic E-state index is -0.0320. The largest absolute Gasteiger partial charge is 0.361 e. The summed E-state index contributed by atoms with van der Waals surface area (Å²) >= 11 is 6.18. The van der Waals surface area contributed by atoms with Gasteiger partial charge in [0, 0.05) is 40.5 Å². The number of nitriles is 1. The molecule has 0 saturated heterocycles. The van der Waals surface area contributed by atoms with Gasteiger partial charge in [0.1, 0.15) is 16.8 Å². The summed E-state index contributed by atoms with van der Waals surface area (Å²) in [6.45, 7) is 0. The molecule has 5 rings (SSSR count). The molecule has 4 nitrogen and oxygen atoms in total. The Balaban J connectivity index is 1.85. The van der Waals surface area contributed by atoms with E-state index in [1.54, 1.807) is 6.20 Å². The fourth-order valence-corrected chi connectivity index (χ4v) is 3.98. The third kappa shape index (κ3) is 2.05. The molecule has 0 aliphatic carbocycles. The van der Waals surface area contributed by atoms with Crippen LogP contribution >= 0.6 is 11.6 Å². The highest BCUT2D eigenvalue weighted by Crippen LogP contribution is 2.47. The molecule has 0 radical (unpaired) electrons. The average molecular weight is 357 g/mol. The van der Waals surface area contributed by atoms with Crippen LogP contribution in [0.15, 0.2) is 60.9 Å². The van der Waals surface area contributed by atoms with Gasteiger partial charge in [-0.15, -0.1) is 0 Å². The van der Waals surface area contributed by atoms with E-state index in [4.69, 9.17) is 11.6 Å².